The van der Waals surface area contributed by atoms with Gasteiger partial charge < -0.3 is 14.6 Å². The van der Waals surface area contributed by atoms with Crippen LogP contribution in [0.4, 0.5) is 19.0 Å². The number of ether oxygens (including phenoxy) is 1. The van der Waals surface area contributed by atoms with Gasteiger partial charge in [0, 0.05) is 23.7 Å². The Kier molecular flexibility index (Phi) is 4.86. The molecule has 0 radical (unpaired) electrons. The van der Waals surface area contributed by atoms with Gasteiger partial charge in [0.25, 0.3) is 0 Å². The second kappa shape index (κ2) is 6.90. The van der Waals surface area contributed by atoms with Crippen LogP contribution in [0.2, 0.25) is 0 Å². The molecular formula is C16H15F3N2O2S. The lowest BCUT2D eigenvalue weighted by atomic mass is 9.98. The van der Waals surface area contributed by atoms with Gasteiger partial charge in [-0.05, 0) is 35.7 Å². The SMILES string of the molecule is O[C@H]1CCOc2cc(-c3cccnc3NSCC(F)(F)F)ccc21. The van der Waals surface area contributed by atoms with Crippen molar-refractivity contribution >= 4 is 17.8 Å². The summed E-state index contributed by atoms with van der Waals surface area (Å²) in [6.45, 7) is 0.428. The third-order valence-electron chi connectivity index (χ3n) is 3.54. The van der Waals surface area contributed by atoms with E-state index in [1.54, 1.807) is 30.3 Å². The van der Waals surface area contributed by atoms with Gasteiger partial charge in [-0.1, -0.05) is 12.1 Å². The monoisotopic (exact) mass is 356 g/mol. The van der Waals surface area contributed by atoms with E-state index in [0.717, 1.165) is 11.1 Å². The lowest BCUT2D eigenvalue weighted by Gasteiger charge is -2.23. The molecule has 2 aromatic rings. The molecule has 1 aliphatic heterocycles. The second-order valence-electron chi connectivity index (χ2n) is 5.31. The number of aliphatic hydroxyl groups is 1. The largest absolute Gasteiger partial charge is 0.493 e. The van der Waals surface area contributed by atoms with E-state index in [4.69, 9.17) is 4.74 Å². The standard InChI is InChI=1S/C16H15F3N2O2S/c17-16(18,19)9-24-21-15-11(2-1-6-20-15)10-3-4-12-13(22)5-7-23-14(12)8-10/h1-4,6,8,13,22H,5,7,9H2,(H,20,21)/t13-/m0/s1. The van der Waals surface area contributed by atoms with Crippen molar-refractivity contribution in [3.63, 3.8) is 0 Å². The zero-order valence-electron chi connectivity index (χ0n) is 12.5. The fourth-order valence-corrected chi connectivity index (χ4v) is 2.98. The van der Waals surface area contributed by atoms with Crippen LogP contribution in [-0.2, 0) is 0 Å². The lowest BCUT2D eigenvalue weighted by molar-refractivity contribution is -0.105. The fraction of sp³-hybridized carbons (Fsp3) is 0.312. The van der Waals surface area contributed by atoms with Gasteiger partial charge in [-0.15, -0.1) is 0 Å². The van der Waals surface area contributed by atoms with Crippen LogP contribution in [0.25, 0.3) is 11.1 Å². The van der Waals surface area contributed by atoms with E-state index in [1.165, 1.54) is 6.20 Å². The minimum atomic E-state index is -4.25. The fourth-order valence-electron chi connectivity index (χ4n) is 2.44. The summed E-state index contributed by atoms with van der Waals surface area (Å²) in [5.41, 5.74) is 2.14. The Morgan fingerprint density at radius 2 is 2.17 bits per heavy atom. The van der Waals surface area contributed by atoms with Gasteiger partial charge in [0.2, 0.25) is 0 Å². The first-order chi connectivity index (χ1) is 11.4. The number of alkyl halides is 3. The Morgan fingerprint density at radius 1 is 1.33 bits per heavy atom. The lowest BCUT2D eigenvalue weighted by Crippen LogP contribution is -2.13. The zero-order chi connectivity index (χ0) is 17.2. The molecule has 128 valence electrons. The Labute approximate surface area is 141 Å². The van der Waals surface area contributed by atoms with E-state index < -0.39 is 18.0 Å². The molecule has 3 rings (SSSR count). The molecule has 1 atom stereocenters. The van der Waals surface area contributed by atoms with Gasteiger partial charge in [0.15, 0.2) is 0 Å². The number of halogens is 3. The summed E-state index contributed by atoms with van der Waals surface area (Å²) in [5, 5.41) is 9.96. The number of hydrogen-bond donors (Lipinski definition) is 2. The van der Waals surface area contributed by atoms with Crippen molar-refractivity contribution in [1.29, 1.82) is 0 Å². The van der Waals surface area contributed by atoms with Crippen molar-refractivity contribution in [3.8, 4) is 16.9 Å². The predicted octanol–water partition coefficient (Wildman–Crippen LogP) is 4.19. The summed E-state index contributed by atoms with van der Waals surface area (Å²) in [6, 6.07) is 8.82. The van der Waals surface area contributed by atoms with Crippen molar-refractivity contribution in [2.45, 2.75) is 18.7 Å². The highest BCUT2D eigenvalue weighted by molar-refractivity contribution is 8.00. The van der Waals surface area contributed by atoms with Crippen molar-refractivity contribution in [1.82, 2.24) is 4.98 Å². The molecule has 0 unspecified atom stereocenters. The van der Waals surface area contributed by atoms with Crippen LogP contribution in [0, 0.1) is 0 Å². The van der Waals surface area contributed by atoms with Gasteiger partial charge >= 0.3 is 6.18 Å². The Hall–Kier alpha value is -1.93. The zero-order valence-corrected chi connectivity index (χ0v) is 13.3. The van der Waals surface area contributed by atoms with Crippen molar-refractivity contribution in [2.24, 2.45) is 0 Å². The smallest absolute Gasteiger partial charge is 0.399 e. The number of anilines is 1. The van der Waals surface area contributed by atoms with E-state index in [0.29, 0.717) is 42.1 Å². The summed E-state index contributed by atoms with van der Waals surface area (Å²) in [5.74, 6) is -0.0743. The number of benzene rings is 1. The molecule has 0 fully saturated rings. The number of rotatable bonds is 4. The molecular weight excluding hydrogens is 341 g/mol. The molecule has 0 saturated heterocycles. The average molecular weight is 356 g/mol. The van der Waals surface area contributed by atoms with Crippen LogP contribution < -0.4 is 9.46 Å². The van der Waals surface area contributed by atoms with Crippen LogP contribution >= 0.6 is 11.9 Å². The van der Waals surface area contributed by atoms with Crippen LogP contribution in [0.5, 0.6) is 5.75 Å². The first kappa shape index (κ1) is 16.9. The Balaban J connectivity index is 1.84. The van der Waals surface area contributed by atoms with Gasteiger partial charge in [0.05, 0.1) is 12.7 Å². The maximum Gasteiger partial charge on any atom is 0.399 e. The number of nitrogens with zero attached hydrogens (tertiary/aromatic N) is 1. The first-order valence-electron chi connectivity index (χ1n) is 7.29. The molecule has 24 heavy (non-hydrogen) atoms. The van der Waals surface area contributed by atoms with Gasteiger partial charge in [-0.2, -0.15) is 13.2 Å². The van der Waals surface area contributed by atoms with E-state index >= 15 is 0 Å². The summed E-state index contributed by atoms with van der Waals surface area (Å²) in [6.07, 6.45) is -2.75. The summed E-state index contributed by atoms with van der Waals surface area (Å²) < 4.78 is 45.1. The van der Waals surface area contributed by atoms with Crippen LogP contribution in [0.15, 0.2) is 36.5 Å². The highest BCUT2D eigenvalue weighted by atomic mass is 32.2. The highest BCUT2D eigenvalue weighted by Crippen LogP contribution is 2.37. The van der Waals surface area contributed by atoms with Gasteiger partial charge in [-0.3, -0.25) is 0 Å². The molecule has 2 heterocycles. The van der Waals surface area contributed by atoms with E-state index in [-0.39, 0.29) is 0 Å². The molecule has 1 aliphatic rings. The number of pyridine rings is 1. The molecule has 0 aliphatic carbocycles. The minimum Gasteiger partial charge on any atom is -0.493 e. The highest BCUT2D eigenvalue weighted by Gasteiger charge is 2.27. The molecule has 8 heteroatoms. The molecule has 4 nitrogen and oxygen atoms in total. The summed E-state index contributed by atoms with van der Waals surface area (Å²) in [4.78, 5) is 4.11. The predicted molar refractivity (Wildman–Crippen MR) is 86.9 cm³/mol. The van der Waals surface area contributed by atoms with Gasteiger partial charge in [-0.25, -0.2) is 4.98 Å². The first-order valence-corrected chi connectivity index (χ1v) is 8.27. The number of aliphatic hydroxyl groups excluding tert-OH is 1. The molecule has 1 aromatic heterocycles. The normalized spacial score (nSPS) is 17.1. The average Bonchev–Trinajstić information content (AvgIpc) is 2.54. The molecule has 0 bridgehead atoms. The maximum absolute atomic E-state index is 12.3. The number of fused-ring (bicyclic) bond motifs is 1. The maximum atomic E-state index is 12.3. The van der Waals surface area contributed by atoms with Gasteiger partial charge in [0.1, 0.15) is 17.3 Å². The summed E-state index contributed by atoms with van der Waals surface area (Å²) in [7, 11) is 0. The van der Waals surface area contributed by atoms with E-state index in [9.17, 15) is 18.3 Å². The minimum absolute atomic E-state index is 0.350. The van der Waals surface area contributed by atoms with Crippen LogP contribution in [0.1, 0.15) is 18.1 Å². The molecule has 2 N–H and O–H groups in total. The molecule has 1 aromatic carbocycles. The molecule has 0 spiro atoms. The summed E-state index contributed by atoms with van der Waals surface area (Å²) >= 11 is 0.543. The number of nitrogens with one attached hydrogen (secondary N) is 1. The van der Waals surface area contributed by atoms with E-state index in [1.807, 2.05) is 0 Å². The third kappa shape index (κ3) is 3.93. The van der Waals surface area contributed by atoms with Crippen molar-refractivity contribution in [3.05, 3.63) is 42.1 Å². The second-order valence-corrected chi connectivity index (χ2v) is 6.09. The van der Waals surface area contributed by atoms with Crippen LogP contribution in [0.3, 0.4) is 0 Å². The molecule has 0 saturated carbocycles. The number of hydrogen-bond acceptors (Lipinski definition) is 5. The Morgan fingerprint density at radius 3 is 2.96 bits per heavy atom. The number of aromatic nitrogens is 1. The van der Waals surface area contributed by atoms with Crippen molar-refractivity contribution < 1.29 is 23.0 Å². The Bertz CT molecular complexity index is 725. The quantitative estimate of drug-likeness (QED) is 0.805. The topological polar surface area (TPSA) is 54.4 Å². The van der Waals surface area contributed by atoms with Crippen molar-refractivity contribution in [2.75, 3.05) is 17.1 Å². The van der Waals surface area contributed by atoms with Crippen LogP contribution in [-0.4, -0.2) is 28.6 Å². The third-order valence-corrected chi connectivity index (χ3v) is 4.35. The van der Waals surface area contributed by atoms with E-state index in [2.05, 4.69) is 9.71 Å². The molecule has 0 amide bonds.